The van der Waals surface area contributed by atoms with Gasteiger partial charge in [-0.2, -0.15) is 13.2 Å². The fraction of sp³-hybridized carbons (Fsp3) is 0.538. The fourth-order valence-corrected chi connectivity index (χ4v) is 4.25. The minimum absolute atomic E-state index is 0.0284. The summed E-state index contributed by atoms with van der Waals surface area (Å²) in [5, 5.41) is 2.47. The van der Waals surface area contributed by atoms with E-state index in [1.165, 1.54) is 12.1 Å². The van der Waals surface area contributed by atoms with Crippen molar-refractivity contribution >= 4 is 9.84 Å². The Balaban J connectivity index is 2.03. The second kappa shape index (κ2) is 5.73. The Morgan fingerprint density at radius 2 is 1.90 bits per heavy atom. The lowest BCUT2D eigenvalue weighted by atomic mass is 10.0. The van der Waals surface area contributed by atoms with Gasteiger partial charge in [-0.15, -0.1) is 0 Å². The molecule has 2 unspecified atom stereocenters. The minimum Gasteiger partial charge on any atom is -0.302 e. The van der Waals surface area contributed by atoms with Gasteiger partial charge in [0.25, 0.3) is 0 Å². The van der Waals surface area contributed by atoms with Crippen LogP contribution >= 0.6 is 0 Å². The number of hydrogen-bond acceptors (Lipinski definition) is 3. The number of hydrogen-bond donors (Lipinski definition) is 1. The highest BCUT2D eigenvalue weighted by Crippen LogP contribution is 2.33. The normalized spacial score (nSPS) is 23.6. The molecule has 0 radical (unpaired) electrons. The van der Waals surface area contributed by atoms with Gasteiger partial charge in [0.15, 0.2) is 9.84 Å². The highest BCUT2D eigenvalue weighted by molar-refractivity contribution is 7.91. The first-order valence-corrected chi connectivity index (χ1v) is 8.15. The summed E-state index contributed by atoms with van der Waals surface area (Å²) in [7, 11) is -3.06. The molecule has 20 heavy (non-hydrogen) atoms. The second-order valence-corrected chi connectivity index (χ2v) is 7.29. The molecule has 1 aromatic carbocycles. The van der Waals surface area contributed by atoms with Gasteiger partial charge in [0, 0.05) is 0 Å². The number of benzene rings is 1. The summed E-state index contributed by atoms with van der Waals surface area (Å²) >= 11 is 0. The van der Waals surface area contributed by atoms with Crippen LogP contribution in [0.3, 0.4) is 0 Å². The lowest BCUT2D eigenvalue weighted by Crippen LogP contribution is -2.37. The highest BCUT2D eigenvalue weighted by Gasteiger charge is 2.41. The molecule has 0 aromatic heterocycles. The number of sulfone groups is 1. The van der Waals surface area contributed by atoms with E-state index < -0.39 is 22.1 Å². The number of nitrogens with one attached hydrogen (secondary N) is 1. The molecule has 1 aromatic rings. The molecule has 0 amide bonds. The molecule has 2 rings (SSSR count). The van der Waals surface area contributed by atoms with E-state index in [0.29, 0.717) is 6.42 Å². The number of rotatable bonds is 4. The van der Waals surface area contributed by atoms with Gasteiger partial charge in [0.1, 0.15) is 6.04 Å². The van der Waals surface area contributed by atoms with E-state index in [2.05, 4.69) is 5.32 Å². The minimum atomic E-state index is -4.40. The van der Waals surface area contributed by atoms with E-state index in [-0.39, 0.29) is 29.5 Å². The summed E-state index contributed by atoms with van der Waals surface area (Å²) in [6.45, 7) is 0.0539. The van der Waals surface area contributed by atoms with Gasteiger partial charge in [0.2, 0.25) is 0 Å². The molecule has 1 saturated heterocycles. The molecular formula is C13H16F3NO2S. The Morgan fingerprint density at radius 3 is 2.40 bits per heavy atom. The van der Waals surface area contributed by atoms with E-state index in [4.69, 9.17) is 0 Å². The molecule has 112 valence electrons. The van der Waals surface area contributed by atoms with E-state index in [9.17, 15) is 21.6 Å². The van der Waals surface area contributed by atoms with Gasteiger partial charge >= 0.3 is 6.18 Å². The third-order valence-corrected chi connectivity index (χ3v) is 5.23. The Hall–Kier alpha value is -1.08. The summed E-state index contributed by atoms with van der Waals surface area (Å²) in [6.07, 6.45) is -3.98. The molecule has 0 aliphatic carbocycles. The molecule has 1 fully saturated rings. The van der Waals surface area contributed by atoms with E-state index >= 15 is 0 Å². The van der Waals surface area contributed by atoms with Gasteiger partial charge in [-0.05, 0) is 24.4 Å². The second-order valence-electron chi connectivity index (χ2n) is 5.06. The van der Waals surface area contributed by atoms with Gasteiger partial charge in [-0.25, -0.2) is 8.42 Å². The molecule has 7 heteroatoms. The molecule has 2 atom stereocenters. The monoisotopic (exact) mass is 307 g/mol. The molecule has 0 bridgehead atoms. The first-order valence-electron chi connectivity index (χ1n) is 6.33. The maximum atomic E-state index is 13.1. The van der Waals surface area contributed by atoms with Crippen LogP contribution in [-0.2, 0) is 9.84 Å². The maximum Gasteiger partial charge on any atom is 0.407 e. The molecule has 1 N–H and O–H groups in total. The smallest absolute Gasteiger partial charge is 0.302 e. The molecule has 1 aliphatic rings. The summed E-state index contributed by atoms with van der Waals surface area (Å²) in [6, 6.07) is 5.83. The van der Waals surface area contributed by atoms with Gasteiger partial charge < -0.3 is 5.32 Å². The lowest BCUT2D eigenvalue weighted by molar-refractivity contribution is -0.158. The molecule has 1 aliphatic heterocycles. The van der Waals surface area contributed by atoms with Crippen LogP contribution in [-0.4, -0.2) is 32.6 Å². The van der Waals surface area contributed by atoms with Gasteiger partial charge in [-0.1, -0.05) is 30.3 Å². The van der Waals surface area contributed by atoms with Crippen molar-refractivity contribution in [1.82, 2.24) is 5.32 Å². The van der Waals surface area contributed by atoms with Crippen molar-refractivity contribution in [3.05, 3.63) is 35.9 Å². The Labute approximate surface area is 116 Å². The van der Waals surface area contributed by atoms with Crippen LogP contribution in [0.5, 0.6) is 0 Å². The van der Waals surface area contributed by atoms with Crippen LogP contribution in [0.1, 0.15) is 18.0 Å². The Morgan fingerprint density at radius 1 is 1.25 bits per heavy atom. The zero-order valence-electron chi connectivity index (χ0n) is 10.7. The van der Waals surface area contributed by atoms with Crippen LogP contribution in [0, 0.1) is 5.92 Å². The number of alkyl halides is 3. The van der Waals surface area contributed by atoms with E-state index in [0.717, 1.165) is 0 Å². The Kier molecular flexibility index (Phi) is 4.39. The standard InChI is InChI=1S/C13H16F3NO2S/c14-13(15,16)12(11-4-2-1-3-5-11)17-8-10-6-7-20(18,19)9-10/h1-5,10,12,17H,6-9H2. The predicted octanol–water partition coefficient (Wildman–Crippen LogP) is 2.31. The van der Waals surface area contributed by atoms with Crippen LogP contribution in [0.15, 0.2) is 30.3 Å². The fourth-order valence-electron chi connectivity index (χ4n) is 2.39. The number of halogens is 3. The van der Waals surface area contributed by atoms with Crippen LogP contribution in [0.4, 0.5) is 13.2 Å². The molecule has 0 saturated carbocycles. The van der Waals surface area contributed by atoms with Crippen molar-refractivity contribution in [2.24, 2.45) is 5.92 Å². The highest BCUT2D eigenvalue weighted by atomic mass is 32.2. The van der Waals surface area contributed by atoms with Crippen molar-refractivity contribution in [3.63, 3.8) is 0 Å². The first kappa shape index (κ1) is 15.3. The zero-order valence-corrected chi connectivity index (χ0v) is 11.5. The quantitative estimate of drug-likeness (QED) is 0.928. The van der Waals surface area contributed by atoms with E-state index in [1.807, 2.05) is 0 Å². The SMILES string of the molecule is O=S1(=O)CCC(CNC(c2ccccc2)C(F)(F)F)C1. The largest absolute Gasteiger partial charge is 0.407 e. The van der Waals surface area contributed by atoms with Crippen molar-refractivity contribution in [2.75, 3.05) is 18.1 Å². The maximum absolute atomic E-state index is 13.1. The third kappa shape index (κ3) is 3.96. The molecular weight excluding hydrogens is 291 g/mol. The summed E-state index contributed by atoms with van der Waals surface area (Å²) < 4.78 is 61.8. The van der Waals surface area contributed by atoms with Gasteiger partial charge in [-0.3, -0.25) is 0 Å². The average molecular weight is 307 g/mol. The summed E-state index contributed by atoms with van der Waals surface area (Å²) in [5.74, 6) is -0.200. The Bertz CT molecular complexity index is 542. The van der Waals surface area contributed by atoms with Crippen LogP contribution < -0.4 is 5.32 Å². The van der Waals surface area contributed by atoms with Crippen molar-refractivity contribution < 1.29 is 21.6 Å². The van der Waals surface area contributed by atoms with Crippen molar-refractivity contribution in [2.45, 2.75) is 18.6 Å². The zero-order chi connectivity index (χ0) is 14.8. The third-order valence-electron chi connectivity index (χ3n) is 3.40. The van der Waals surface area contributed by atoms with Crippen molar-refractivity contribution in [3.8, 4) is 0 Å². The van der Waals surface area contributed by atoms with E-state index in [1.54, 1.807) is 18.2 Å². The topological polar surface area (TPSA) is 46.2 Å². The van der Waals surface area contributed by atoms with Crippen LogP contribution in [0.25, 0.3) is 0 Å². The lowest BCUT2D eigenvalue weighted by Gasteiger charge is -2.23. The summed E-state index contributed by atoms with van der Waals surface area (Å²) in [5.41, 5.74) is 0.140. The predicted molar refractivity (Wildman–Crippen MR) is 70.0 cm³/mol. The molecule has 3 nitrogen and oxygen atoms in total. The van der Waals surface area contributed by atoms with Crippen molar-refractivity contribution in [1.29, 1.82) is 0 Å². The molecule has 1 heterocycles. The average Bonchev–Trinajstić information content (AvgIpc) is 2.69. The first-order chi connectivity index (χ1) is 9.28. The molecule has 0 spiro atoms. The summed E-state index contributed by atoms with van der Waals surface area (Å²) in [4.78, 5) is 0. The van der Waals surface area contributed by atoms with Gasteiger partial charge in [0.05, 0.1) is 11.5 Å². The van der Waals surface area contributed by atoms with Crippen LogP contribution in [0.2, 0.25) is 0 Å².